The lowest BCUT2D eigenvalue weighted by atomic mass is 10.1. The number of nitrogens with zero attached hydrogens (tertiary/aromatic N) is 2. The molecule has 0 bridgehead atoms. The number of carbonyl (C=O) groups excluding carboxylic acids is 1. The van der Waals surface area contributed by atoms with Gasteiger partial charge in [-0.1, -0.05) is 60.7 Å². The first-order valence-electron chi connectivity index (χ1n) is 7.52. The normalized spacial score (nSPS) is 9.95. The number of benzene rings is 2. The van der Waals surface area contributed by atoms with E-state index in [2.05, 4.69) is 18.2 Å². The van der Waals surface area contributed by atoms with Crippen molar-refractivity contribution < 1.29 is 4.79 Å². The van der Waals surface area contributed by atoms with Crippen molar-refractivity contribution in [2.45, 2.75) is 19.3 Å². The smallest absolute Gasteiger partial charge is 0.227 e. The predicted molar refractivity (Wildman–Crippen MR) is 87.1 cm³/mol. The maximum atomic E-state index is 12.5. The number of amides is 1. The van der Waals surface area contributed by atoms with Crippen LogP contribution in [0.3, 0.4) is 0 Å². The lowest BCUT2D eigenvalue weighted by Gasteiger charge is -2.22. The highest BCUT2D eigenvalue weighted by Gasteiger charge is 2.13. The molecular weight excluding hydrogens is 272 g/mol. The van der Waals surface area contributed by atoms with Crippen LogP contribution in [0.25, 0.3) is 0 Å². The van der Waals surface area contributed by atoms with E-state index in [1.807, 2.05) is 48.5 Å². The fourth-order valence-corrected chi connectivity index (χ4v) is 2.34. The second kappa shape index (κ2) is 8.63. The molecule has 0 spiro atoms. The third-order valence-corrected chi connectivity index (χ3v) is 3.56. The summed E-state index contributed by atoms with van der Waals surface area (Å²) in [7, 11) is 0. The van der Waals surface area contributed by atoms with Gasteiger partial charge in [-0.05, 0) is 17.5 Å². The van der Waals surface area contributed by atoms with Crippen molar-refractivity contribution in [2.24, 2.45) is 0 Å². The fraction of sp³-hybridized carbons (Fsp3) is 0.263. The summed E-state index contributed by atoms with van der Waals surface area (Å²) in [4.78, 5) is 14.3. The summed E-state index contributed by atoms with van der Waals surface area (Å²) in [5, 5.41) is 8.78. The number of nitriles is 1. The molecule has 2 rings (SSSR count). The topological polar surface area (TPSA) is 44.1 Å². The Morgan fingerprint density at radius 1 is 0.909 bits per heavy atom. The molecule has 2 aromatic carbocycles. The standard InChI is InChI=1S/C19H20N2O/c20-13-7-14-21(15-12-17-8-3-1-4-9-17)19(22)16-18-10-5-2-6-11-18/h1-6,8-11H,7,12,14-16H2. The summed E-state index contributed by atoms with van der Waals surface area (Å²) in [5.41, 5.74) is 2.21. The van der Waals surface area contributed by atoms with Crippen molar-refractivity contribution in [3.05, 3.63) is 71.8 Å². The first-order valence-corrected chi connectivity index (χ1v) is 7.52. The van der Waals surface area contributed by atoms with E-state index < -0.39 is 0 Å². The van der Waals surface area contributed by atoms with Gasteiger partial charge in [-0.25, -0.2) is 0 Å². The lowest BCUT2D eigenvalue weighted by Crippen LogP contribution is -2.34. The molecule has 0 aliphatic heterocycles. The van der Waals surface area contributed by atoms with Crippen LogP contribution in [-0.2, 0) is 17.6 Å². The van der Waals surface area contributed by atoms with Crippen molar-refractivity contribution in [1.82, 2.24) is 4.90 Å². The molecule has 0 N–H and O–H groups in total. The van der Waals surface area contributed by atoms with Gasteiger partial charge < -0.3 is 4.90 Å². The minimum atomic E-state index is 0.0809. The second-order valence-electron chi connectivity index (χ2n) is 5.19. The largest absolute Gasteiger partial charge is 0.341 e. The van der Waals surface area contributed by atoms with E-state index in [1.165, 1.54) is 5.56 Å². The average molecular weight is 292 g/mol. The molecule has 0 aliphatic rings. The zero-order chi connectivity index (χ0) is 15.6. The number of hydrogen-bond acceptors (Lipinski definition) is 2. The average Bonchev–Trinajstić information content (AvgIpc) is 2.56. The van der Waals surface area contributed by atoms with Crippen LogP contribution in [0.15, 0.2) is 60.7 Å². The van der Waals surface area contributed by atoms with Crippen LogP contribution in [0.5, 0.6) is 0 Å². The van der Waals surface area contributed by atoms with Crippen LogP contribution in [-0.4, -0.2) is 23.9 Å². The second-order valence-corrected chi connectivity index (χ2v) is 5.19. The number of carbonyl (C=O) groups is 1. The van der Waals surface area contributed by atoms with Gasteiger partial charge in [0, 0.05) is 13.1 Å². The molecule has 0 radical (unpaired) electrons. The minimum Gasteiger partial charge on any atom is -0.341 e. The zero-order valence-electron chi connectivity index (χ0n) is 12.6. The molecule has 0 saturated heterocycles. The van der Waals surface area contributed by atoms with Gasteiger partial charge in [0.25, 0.3) is 0 Å². The maximum Gasteiger partial charge on any atom is 0.227 e. The van der Waals surface area contributed by atoms with E-state index in [1.54, 1.807) is 4.90 Å². The Hall–Kier alpha value is -2.60. The van der Waals surface area contributed by atoms with Gasteiger partial charge in [-0.15, -0.1) is 0 Å². The molecule has 112 valence electrons. The fourth-order valence-electron chi connectivity index (χ4n) is 2.34. The van der Waals surface area contributed by atoms with Crippen molar-refractivity contribution in [3.63, 3.8) is 0 Å². The minimum absolute atomic E-state index is 0.0809. The third kappa shape index (κ3) is 5.06. The zero-order valence-corrected chi connectivity index (χ0v) is 12.6. The van der Waals surface area contributed by atoms with Crippen LogP contribution < -0.4 is 0 Å². The first kappa shape index (κ1) is 15.8. The van der Waals surface area contributed by atoms with Gasteiger partial charge in [0.05, 0.1) is 18.9 Å². The van der Waals surface area contributed by atoms with Gasteiger partial charge in [0.1, 0.15) is 0 Å². The van der Waals surface area contributed by atoms with E-state index in [0.717, 1.165) is 12.0 Å². The molecule has 0 heterocycles. The van der Waals surface area contributed by atoms with Gasteiger partial charge in [0.15, 0.2) is 0 Å². The Morgan fingerprint density at radius 3 is 2.09 bits per heavy atom. The molecule has 2 aromatic rings. The summed E-state index contributed by atoms with van der Waals surface area (Å²) in [6.45, 7) is 1.15. The summed E-state index contributed by atoms with van der Waals surface area (Å²) >= 11 is 0. The quantitative estimate of drug-likeness (QED) is 0.786. The summed E-state index contributed by atoms with van der Waals surface area (Å²) in [5.74, 6) is 0.0809. The Labute approximate surface area is 131 Å². The van der Waals surface area contributed by atoms with Crippen molar-refractivity contribution in [3.8, 4) is 6.07 Å². The SMILES string of the molecule is N#CCCN(CCc1ccccc1)C(=O)Cc1ccccc1. The molecule has 0 unspecified atom stereocenters. The number of hydrogen-bond donors (Lipinski definition) is 0. The molecule has 3 nitrogen and oxygen atoms in total. The van der Waals surface area contributed by atoms with E-state index in [-0.39, 0.29) is 5.91 Å². The Bertz CT molecular complexity index is 617. The predicted octanol–water partition coefficient (Wildman–Crippen LogP) is 3.21. The maximum absolute atomic E-state index is 12.5. The highest BCUT2D eigenvalue weighted by Crippen LogP contribution is 2.06. The molecule has 0 aromatic heterocycles. The molecule has 0 saturated carbocycles. The Morgan fingerprint density at radius 2 is 1.50 bits per heavy atom. The highest BCUT2D eigenvalue weighted by atomic mass is 16.2. The Balaban J connectivity index is 1.96. The summed E-state index contributed by atoms with van der Waals surface area (Å²) in [6.07, 6.45) is 1.57. The molecule has 0 fully saturated rings. The van der Waals surface area contributed by atoms with Crippen LogP contribution in [0.4, 0.5) is 0 Å². The van der Waals surface area contributed by atoms with Crippen molar-refractivity contribution in [1.29, 1.82) is 5.26 Å². The van der Waals surface area contributed by atoms with Gasteiger partial charge in [0.2, 0.25) is 5.91 Å². The third-order valence-electron chi connectivity index (χ3n) is 3.56. The van der Waals surface area contributed by atoms with Crippen molar-refractivity contribution >= 4 is 5.91 Å². The molecular formula is C19H20N2O. The van der Waals surface area contributed by atoms with Crippen LogP contribution in [0.1, 0.15) is 17.5 Å². The monoisotopic (exact) mass is 292 g/mol. The van der Waals surface area contributed by atoms with E-state index in [0.29, 0.717) is 25.9 Å². The van der Waals surface area contributed by atoms with Crippen molar-refractivity contribution in [2.75, 3.05) is 13.1 Å². The highest BCUT2D eigenvalue weighted by molar-refractivity contribution is 5.78. The van der Waals surface area contributed by atoms with Crippen LogP contribution in [0, 0.1) is 11.3 Å². The molecule has 0 aliphatic carbocycles. The van der Waals surface area contributed by atoms with Gasteiger partial charge in [-0.2, -0.15) is 5.26 Å². The van der Waals surface area contributed by atoms with Crippen LogP contribution in [0.2, 0.25) is 0 Å². The molecule has 0 atom stereocenters. The van der Waals surface area contributed by atoms with Crippen LogP contribution >= 0.6 is 0 Å². The summed E-state index contributed by atoms with van der Waals surface area (Å²) in [6, 6.07) is 22.0. The van der Waals surface area contributed by atoms with E-state index in [4.69, 9.17) is 5.26 Å². The van der Waals surface area contributed by atoms with E-state index in [9.17, 15) is 4.79 Å². The summed E-state index contributed by atoms with van der Waals surface area (Å²) < 4.78 is 0. The molecule has 1 amide bonds. The number of rotatable bonds is 7. The van der Waals surface area contributed by atoms with Gasteiger partial charge >= 0.3 is 0 Å². The van der Waals surface area contributed by atoms with E-state index >= 15 is 0 Å². The molecule has 22 heavy (non-hydrogen) atoms. The lowest BCUT2D eigenvalue weighted by molar-refractivity contribution is -0.130. The Kier molecular flexibility index (Phi) is 6.19. The van der Waals surface area contributed by atoms with Gasteiger partial charge in [-0.3, -0.25) is 4.79 Å². The first-order chi connectivity index (χ1) is 10.8. The molecule has 3 heteroatoms.